The Balaban J connectivity index is 2.26. The van der Waals surface area contributed by atoms with E-state index in [-0.39, 0.29) is 11.7 Å². The summed E-state index contributed by atoms with van der Waals surface area (Å²) in [6.07, 6.45) is 5.08. The van der Waals surface area contributed by atoms with Gasteiger partial charge < -0.3 is 0 Å². The number of hydrogen-bond donors (Lipinski definition) is 1. The second kappa shape index (κ2) is 4.54. The van der Waals surface area contributed by atoms with Gasteiger partial charge in [-0.1, -0.05) is 0 Å². The quantitative estimate of drug-likeness (QED) is 0.615. The maximum atomic E-state index is 10.7. The first-order chi connectivity index (χ1) is 7.72. The fourth-order valence-electron chi connectivity index (χ4n) is 2.11. The first kappa shape index (κ1) is 11.0. The molecule has 0 saturated carbocycles. The van der Waals surface area contributed by atoms with E-state index in [2.05, 4.69) is 15.4 Å². The van der Waals surface area contributed by atoms with Gasteiger partial charge in [-0.25, -0.2) is 5.01 Å². The Labute approximate surface area is 93.4 Å². The molecule has 1 aromatic heterocycles. The molecule has 0 aliphatic carbocycles. The highest BCUT2D eigenvalue weighted by molar-refractivity contribution is 5.31. The lowest BCUT2D eigenvalue weighted by Gasteiger charge is -2.22. The van der Waals surface area contributed by atoms with E-state index in [9.17, 15) is 10.1 Å². The summed E-state index contributed by atoms with van der Waals surface area (Å²) in [7, 11) is 1.86. The van der Waals surface area contributed by atoms with Gasteiger partial charge in [0.1, 0.15) is 6.20 Å². The molecule has 1 aromatic rings. The van der Waals surface area contributed by atoms with Crippen molar-refractivity contribution in [3.05, 3.63) is 34.1 Å². The number of hydrogen-bond acceptors (Lipinski definition) is 5. The normalized spacial score (nSPS) is 21.2. The fourth-order valence-corrected chi connectivity index (χ4v) is 2.11. The van der Waals surface area contributed by atoms with E-state index in [4.69, 9.17) is 0 Å². The molecule has 86 valence electrons. The molecule has 1 atom stereocenters. The molecular formula is C10H14N4O2. The summed E-state index contributed by atoms with van der Waals surface area (Å²) in [6, 6.07) is 1.80. The minimum absolute atomic E-state index is 0.0560. The fraction of sp³-hybridized carbons (Fsp3) is 0.500. The van der Waals surface area contributed by atoms with Crippen LogP contribution in [0.25, 0.3) is 0 Å². The summed E-state index contributed by atoms with van der Waals surface area (Å²) in [4.78, 5) is 14.2. The Morgan fingerprint density at radius 2 is 2.44 bits per heavy atom. The minimum atomic E-state index is -0.408. The summed E-state index contributed by atoms with van der Waals surface area (Å²) < 4.78 is 0. The summed E-state index contributed by atoms with van der Waals surface area (Å²) in [5, 5.41) is 12.7. The van der Waals surface area contributed by atoms with Gasteiger partial charge in [0.25, 0.3) is 5.69 Å². The minimum Gasteiger partial charge on any atom is -0.258 e. The van der Waals surface area contributed by atoms with Crippen LogP contribution in [0.4, 0.5) is 5.69 Å². The van der Waals surface area contributed by atoms with Crippen LogP contribution >= 0.6 is 0 Å². The van der Waals surface area contributed by atoms with Crippen molar-refractivity contribution in [2.24, 2.45) is 0 Å². The molecule has 2 rings (SSSR count). The molecule has 0 amide bonds. The SMILES string of the molecule is CNN1CCC[C@H]1c1cncc([N+](=O)[O-])c1. The van der Waals surface area contributed by atoms with Crippen molar-refractivity contribution in [2.45, 2.75) is 18.9 Å². The van der Waals surface area contributed by atoms with Gasteiger partial charge in [0.05, 0.1) is 11.0 Å². The lowest BCUT2D eigenvalue weighted by atomic mass is 10.1. The van der Waals surface area contributed by atoms with Crippen molar-refractivity contribution in [3.63, 3.8) is 0 Å². The third-order valence-corrected chi connectivity index (χ3v) is 2.88. The van der Waals surface area contributed by atoms with Gasteiger partial charge in [-0.15, -0.1) is 0 Å². The van der Waals surface area contributed by atoms with Crippen LogP contribution in [-0.4, -0.2) is 28.5 Å². The van der Waals surface area contributed by atoms with Crippen LogP contribution < -0.4 is 5.43 Å². The van der Waals surface area contributed by atoms with Crippen molar-refractivity contribution in [3.8, 4) is 0 Å². The Hall–Kier alpha value is -1.53. The number of nitrogens with zero attached hydrogens (tertiary/aromatic N) is 3. The molecule has 1 fully saturated rings. The molecular weight excluding hydrogens is 208 g/mol. The molecule has 1 N–H and O–H groups in total. The predicted octanol–water partition coefficient (Wildman–Crippen LogP) is 1.26. The monoisotopic (exact) mass is 222 g/mol. The van der Waals surface area contributed by atoms with Gasteiger partial charge in [0.2, 0.25) is 0 Å². The van der Waals surface area contributed by atoms with Crippen LogP contribution in [0.5, 0.6) is 0 Å². The summed E-state index contributed by atoms with van der Waals surface area (Å²) in [6.45, 7) is 0.962. The third kappa shape index (κ3) is 2.02. The highest BCUT2D eigenvalue weighted by Crippen LogP contribution is 2.30. The molecule has 1 saturated heterocycles. The summed E-state index contributed by atoms with van der Waals surface area (Å²) >= 11 is 0. The smallest absolute Gasteiger partial charge is 0.258 e. The largest absolute Gasteiger partial charge is 0.287 e. The van der Waals surface area contributed by atoms with Crippen LogP contribution in [-0.2, 0) is 0 Å². The molecule has 2 heterocycles. The predicted molar refractivity (Wildman–Crippen MR) is 58.6 cm³/mol. The molecule has 6 nitrogen and oxygen atoms in total. The van der Waals surface area contributed by atoms with Gasteiger partial charge in [-0.05, 0) is 25.5 Å². The zero-order chi connectivity index (χ0) is 11.5. The lowest BCUT2D eigenvalue weighted by Crippen LogP contribution is -2.34. The Morgan fingerprint density at radius 1 is 1.62 bits per heavy atom. The van der Waals surface area contributed by atoms with E-state index < -0.39 is 4.92 Å². The van der Waals surface area contributed by atoms with Crippen LogP contribution in [0.15, 0.2) is 18.5 Å². The maximum Gasteiger partial charge on any atom is 0.287 e. The van der Waals surface area contributed by atoms with Gasteiger partial charge in [-0.3, -0.25) is 20.5 Å². The van der Waals surface area contributed by atoms with Crippen LogP contribution in [0.3, 0.4) is 0 Å². The van der Waals surface area contributed by atoms with E-state index in [0.29, 0.717) is 0 Å². The molecule has 0 unspecified atom stereocenters. The Bertz CT molecular complexity index is 396. The molecule has 0 spiro atoms. The first-order valence-corrected chi connectivity index (χ1v) is 5.25. The van der Waals surface area contributed by atoms with Crippen molar-refractivity contribution in [1.82, 2.24) is 15.4 Å². The second-order valence-corrected chi connectivity index (χ2v) is 3.81. The third-order valence-electron chi connectivity index (χ3n) is 2.88. The van der Waals surface area contributed by atoms with E-state index in [1.807, 2.05) is 7.05 Å². The van der Waals surface area contributed by atoms with Crippen molar-refractivity contribution < 1.29 is 4.92 Å². The molecule has 6 heteroatoms. The molecule has 0 bridgehead atoms. The van der Waals surface area contributed by atoms with Crippen LogP contribution in [0.2, 0.25) is 0 Å². The number of nitrogens with one attached hydrogen (secondary N) is 1. The molecule has 0 aromatic carbocycles. The Kier molecular flexibility index (Phi) is 3.12. The van der Waals surface area contributed by atoms with Gasteiger partial charge in [-0.2, -0.15) is 0 Å². The summed E-state index contributed by atoms with van der Waals surface area (Å²) in [5.74, 6) is 0. The zero-order valence-corrected chi connectivity index (χ0v) is 9.09. The van der Waals surface area contributed by atoms with E-state index >= 15 is 0 Å². The molecule has 1 aliphatic heterocycles. The van der Waals surface area contributed by atoms with Gasteiger partial charge in [0.15, 0.2) is 0 Å². The number of nitro groups is 1. The number of rotatable bonds is 3. The van der Waals surface area contributed by atoms with E-state index in [0.717, 1.165) is 24.9 Å². The average molecular weight is 222 g/mol. The van der Waals surface area contributed by atoms with E-state index in [1.54, 1.807) is 12.3 Å². The van der Waals surface area contributed by atoms with E-state index in [1.165, 1.54) is 6.20 Å². The zero-order valence-electron chi connectivity index (χ0n) is 9.09. The lowest BCUT2D eigenvalue weighted by molar-refractivity contribution is -0.385. The van der Waals surface area contributed by atoms with Crippen molar-refractivity contribution >= 4 is 5.69 Å². The molecule has 16 heavy (non-hydrogen) atoms. The number of hydrazine groups is 1. The van der Waals surface area contributed by atoms with Crippen LogP contribution in [0.1, 0.15) is 24.4 Å². The Morgan fingerprint density at radius 3 is 3.12 bits per heavy atom. The number of pyridine rings is 1. The second-order valence-electron chi connectivity index (χ2n) is 3.81. The highest BCUT2D eigenvalue weighted by Gasteiger charge is 2.26. The molecule has 0 radical (unpaired) electrons. The van der Waals surface area contributed by atoms with Crippen molar-refractivity contribution in [2.75, 3.05) is 13.6 Å². The topological polar surface area (TPSA) is 71.3 Å². The first-order valence-electron chi connectivity index (χ1n) is 5.25. The van der Waals surface area contributed by atoms with Gasteiger partial charge in [0, 0.05) is 18.8 Å². The standard InChI is InChI=1S/C10H14N4O2/c1-11-13-4-2-3-10(13)8-5-9(14(15)16)7-12-6-8/h5-7,10-11H,2-4H2,1H3/t10-/m0/s1. The van der Waals surface area contributed by atoms with Crippen LogP contribution in [0, 0.1) is 10.1 Å². The van der Waals surface area contributed by atoms with Crippen molar-refractivity contribution in [1.29, 1.82) is 0 Å². The average Bonchev–Trinajstić information content (AvgIpc) is 2.77. The molecule has 1 aliphatic rings. The van der Waals surface area contributed by atoms with Gasteiger partial charge >= 0.3 is 0 Å². The highest BCUT2D eigenvalue weighted by atomic mass is 16.6. The maximum absolute atomic E-state index is 10.7. The number of aromatic nitrogens is 1. The summed E-state index contributed by atoms with van der Waals surface area (Å²) in [5.41, 5.74) is 4.06.